The fourth-order valence-electron chi connectivity index (χ4n) is 2.47. The molecule has 0 bridgehead atoms. The van der Waals surface area contributed by atoms with Gasteiger partial charge in [0.15, 0.2) is 5.75 Å². The first-order valence-corrected chi connectivity index (χ1v) is 10.9. The van der Waals surface area contributed by atoms with Crippen LogP contribution in [0.3, 0.4) is 0 Å². The molecule has 2 aromatic carbocycles. The van der Waals surface area contributed by atoms with Gasteiger partial charge in [0.1, 0.15) is 0 Å². The summed E-state index contributed by atoms with van der Waals surface area (Å²) in [6.45, 7) is 1.90. The second-order valence-corrected chi connectivity index (χ2v) is 8.84. The van der Waals surface area contributed by atoms with Crippen LogP contribution in [0.15, 0.2) is 73.4 Å². The standard InChI is InChI=1S/C21H14Br3N3O3/c1-12-3-2-4-13(5-12)21(29)30-19-14(6-16(22)8-18(19)24)10-26-27-20(28)15-7-17(23)11-25-9-15/h2-11H,1H3,(H,27,28). The molecule has 0 aliphatic heterocycles. The van der Waals surface area contributed by atoms with Crippen molar-refractivity contribution < 1.29 is 14.3 Å². The summed E-state index contributed by atoms with van der Waals surface area (Å²) in [6.07, 6.45) is 4.41. The molecule has 0 aliphatic rings. The minimum atomic E-state index is -0.499. The van der Waals surface area contributed by atoms with Gasteiger partial charge in [0.2, 0.25) is 0 Å². The van der Waals surface area contributed by atoms with Crippen LogP contribution in [0.25, 0.3) is 0 Å². The molecule has 152 valence electrons. The molecule has 9 heteroatoms. The molecule has 30 heavy (non-hydrogen) atoms. The first kappa shape index (κ1) is 22.3. The topological polar surface area (TPSA) is 80.6 Å². The van der Waals surface area contributed by atoms with E-state index in [4.69, 9.17) is 4.74 Å². The molecule has 0 aliphatic carbocycles. The van der Waals surface area contributed by atoms with E-state index in [1.807, 2.05) is 13.0 Å². The molecule has 3 aromatic rings. The molecule has 0 saturated heterocycles. The van der Waals surface area contributed by atoms with Crippen LogP contribution in [0.5, 0.6) is 5.75 Å². The maximum atomic E-state index is 12.6. The van der Waals surface area contributed by atoms with E-state index in [1.165, 1.54) is 12.4 Å². The van der Waals surface area contributed by atoms with Crippen LogP contribution < -0.4 is 10.2 Å². The quantitative estimate of drug-likeness (QED) is 0.179. The van der Waals surface area contributed by atoms with Gasteiger partial charge in [0.05, 0.1) is 21.8 Å². The number of carbonyl (C=O) groups excluding carboxylic acids is 2. The summed E-state index contributed by atoms with van der Waals surface area (Å²) in [5.74, 6) is -0.639. The predicted octanol–water partition coefficient (Wildman–Crippen LogP) is 5.66. The Bertz CT molecular complexity index is 1150. The third kappa shape index (κ3) is 5.84. The van der Waals surface area contributed by atoms with E-state index in [9.17, 15) is 9.59 Å². The molecule has 0 saturated carbocycles. The van der Waals surface area contributed by atoms with E-state index in [-0.39, 0.29) is 5.75 Å². The number of benzene rings is 2. The van der Waals surface area contributed by atoms with E-state index in [0.29, 0.717) is 25.6 Å². The van der Waals surface area contributed by atoms with Crippen LogP contribution >= 0.6 is 47.8 Å². The number of ether oxygens (including phenoxy) is 1. The number of rotatable bonds is 5. The molecule has 1 heterocycles. The zero-order chi connectivity index (χ0) is 21.7. The Labute approximate surface area is 198 Å². The highest BCUT2D eigenvalue weighted by Crippen LogP contribution is 2.32. The van der Waals surface area contributed by atoms with E-state index in [0.717, 1.165) is 10.0 Å². The summed E-state index contributed by atoms with van der Waals surface area (Å²) < 4.78 is 7.59. The number of hydrogen-bond acceptors (Lipinski definition) is 5. The van der Waals surface area contributed by atoms with Crippen LogP contribution in [0, 0.1) is 6.92 Å². The second-order valence-electron chi connectivity index (χ2n) is 6.16. The summed E-state index contributed by atoms with van der Waals surface area (Å²) in [4.78, 5) is 28.7. The monoisotopic (exact) mass is 593 g/mol. The molecule has 0 atom stereocenters. The molecule has 0 unspecified atom stereocenters. The fraction of sp³-hybridized carbons (Fsp3) is 0.0476. The lowest BCUT2D eigenvalue weighted by molar-refractivity contribution is 0.0732. The van der Waals surface area contributed by atoms with Crippen molar-refractivity contribution in [3.8, 4) is 5.75 Å². The number of nitrogens with zero attached hydrogens (tertiary/aromatic N) is 2. The van der Waals surface area contributed by atoms with Gasteiger partial charge in [-0.05, 0) is 69.1 Å². The van der Waals surface area contributed by atoms with Crippen LogP contribution in [-0.2, 0) is 0 Å². The molecular weight excluding hydrogens is 582 g/mol. The van der Waals surface area contributed by atoms with E-state index in [2.05, 4.69) is 63.3 Å². The van der Waals surface area contributed by atoms with Gasteiger partial charge < -0.3 is 4.74 Å². The van der Waals surface area contributed by atoms with Crippen molar-refractivity contribution in [1.82, 2.24) is 10.4 Å². The molecule has 0 fully saturated rings. The van der Waals surface area contributed by atoms with Crippen molar-refractivity contribution in [2.45, 2.75) is 6.92 Å². The Morgan fingerprint density at radius 1 is 1.03 bits per heavy atom. The highest BCUT2D eigenvalue weighted by molar-refractivity contribution is 9.11. The van der Waals surface area contributed by atoms with Crippen LogP contribution in [0.1, 0.15) is 31.8 Å². The van der Waals surface area contributed by atoms with Crippen molar-refractivity contribution in [2.24, 2.45) is 5.10 Å². The number of nitrogens with one attached hydrogen (secondary N) is 1. The van der Waals surface area contributed by atoms with E-state index in [1.54, 1.807) is 42.6 Å². The van der Waals surface area contributed by atoms with Crippen molar-refractivity contribution >= 4 is 65.9 Å². The SMILES string of the molecule is Cc1cccc(C(=O)Oc2c(Br)cc(Br)cc2C=NNC(=O)c2cncc(Br)c2)c1. The Kier molecular flexibility index (Phi) is 7.52. The summed E-state index contributed by atoms with van der Waals surface area (Å²) in [6, 6.07) is 12.2. The van der Waals surface area contributed by atoms with Gasteiger partial charge in [-0.15, -0.1) is 0 Å². The molecular formula is C21H14Br3N3O3. The molecule has 3 rings (SSSR count). The fourth-order valence-corrected chi connectivity index (χ4v) is 4.17. The number of hydrazone groups is 1. The second kappa shape index (κ2) is 10.1. The van der Waals surface area contributed by atoms with Crippen LogP contribution in [-0.4, -0.2) is 23.1 Å². The van der Waals surface area contributed by atoms with E-state index >= 15 is 0 Å². The average Bonchev–Trinajstić information content (AvgIpc) is 2.70. The van der Waals surface area contributed by atoms with Crippen LogP contribution in [0.4, 0.5) is 0 Å². The highest BCUT2D eigenvalue weighted by Gasteiger charge is 2.15. The lowest BCUT2D eigenvalue weighted by atomic mass is 10.1. The van der Waals surface area contributed by atoms with Crippen molar-refractivity contribution in [3.63, 3.8) is 0 Å². The first-order chi connectivity index (χ1) is 14.3. The minimum absolute atomic E-state index is 0.284. The molecule has 0 spiro atoms. The maximum Gasteiger partial charge on any atom is 0.343 e. The Hall–Kier alpha value is -2.36. The molecule has 0 radical (unpaired) electrons. The van der Waals surface area contributed by atoms with Gasteiger partial charge in [0.25, 0.3) is 5.91 Å². The molecule has 1 N–H and O–H groups in total. The summed E-state index contributed by atoms with van der Waals surface area (Å²) in [5, 5.41) is 3.98. The van der Waals surface area contributed by atoms with Crippen molar-refractivity contribution in [3.05, 3.63) is 90.5 Å². The lowest BCUT2D eigenvalue weighted by Gasteiger charge is -2.11. The van der Waals surface area contributed by atoms with Gasteiger partial charge in [-0.2, -0.15) is 5.10 Å². The molecule has 1 aromatic heterocycles. The number of aromatic nitrogens is 1. The van der Waals surface area contributed by atoms with Crippen molar-refractivity contribution in [1.29, 1.82) is 0 Å². The number of esters is 1. The first-order valence-electron chi connectivity index (χ1n) is 8.55. The summed E-state index contributed by atoms with van der Waals surface area (Å²) in [7, 11) is 0. The lowest BCUT2D eigenvalue weighted by Crippen LogP contribution is -2.18. The minimum Gasteiger partial charge on any atom is -0.421 e. The number of halogens is 3. The zero-order valence-corrected chi connectivity index (χ0v) is 20.3. The average molecular weight is 596 g/mol. The van der Waals surface area contributed by atoms with Crippen LogP contribution in [0.2, 0.25) is 0 Å². The molecule has 1 amide bonds. The maximum absolute atomic E-state index is 12.6. The van der Waals surface area contributed by atoms with Gasteiger partial charge in [-0.3, -0.25) is 9.78 Å². The number of aryl methyl sites for hydroxylation is 1. The normalized spacial score (nSPS) is 10.8. The number of hydrogen-bond donors (Lipinski definition) is 1. The number of amides is 1. The molecule has 6 nitrogen and oxygen atoms in total. The zero-order valence-electron chi connectivity index (χ0n) is 15.5. The van der Waals surface area contributed by atoms with Gasteiger partial charge in [-0.1, -0.05) is 33.6 Å². The Morgan fingerprint density at radius 2 is 1.83 bits per heavy atom. The van der Waals surface area contributed by atoms with Gasteiger partial charge in [-0.25, -0.2) is 10.2 Å². The Morgan fingerprint density at radius 3 is 2.57 bits per heavy atom. The number of pyridine rings is 1. The summed E-state index contributed by atoms with van der Waals surface area (Å²) in [5.41, 5.74) is 4.66. The van der Waals surface area contributed by atoms with Gasteiger partial charge in [0, 0.05) is 26.9 Å². The largest absolute Gasteiger partial charge is 0.421 e. The van der Waals surface area contributed by atoms with E-state index < -0.39 is 11.9 Å². The predicted molar refractivity (Wildman–Crippen MR) is 125 cm³/mol. The third-order valence-corrected chi connectivity index (χ3v) is 5.30. The number of carbonyl (C=O) groups is 2. The summed E-state index contributed by atoms with van der Waals surface area (Å²) >= 11 is 10.1. The Balaban J connectivity index is 1.81. The van der Waals surface area contributed by atoms with Gasteiger partial charge >= 0.3 is 5.97 Å². The highest BCUT2D eigenvalue weighted by atomic mass is 79.9. The smallest absolute Gasteiger partial charge is 0.343 e. The van der Waals surface area contributed by atoms with Crippen molar-refractivity contribution in [2.75, 3.05) is 0 Å². The third-order valence-electron chi connectivity index (χ3n) is 3.82.